The standard InChI is InChI=1S/C16H26N2O2S/c1-3-12-17-15-10-5-6-11-16(15)21(19,20)18-13-8-7-9-14(18)4-2/h5-6,10-11,14,17H,3-4,7-9,12-13H2,1-2H3. The van der Waals surface area contributed by atoms with Crippen LogP contribution in [0.5, 0.6) is 0 Å². The van der Waals surface area contributed by atoms with Crippen LogP contribution in [-0.2, 0) is 10.0 Å². The lowest BCUT2D eigenvalue weighted by Crippen LogP contribution is -2.43. The van der Waals surface area contributed by atoms with Gasteiger partial charge in [0.2, 0.25) is 10.0 Å². The highest BCUT2D eigenvalue weighted by molar-refractivity contribution is 7.89. The van der Waals surface area contributed by atoms with Gasteiger partial charge in [-0.3, -0.25) is 0 Å². The molecule has 0 spiro atoms. The molecule has 1 aromatic carbocycles. The molecule has 1 atom stereocenters. The van der Waals surface area contributed by atoms with E-state index in [1.165, 1.54) is 0 Å². The Labute approximate surface area is 128 Å². The van der Waals surface area contributed by atoms with Crippen molar-refractivity contribution in [2.45, 2.75) is 56.9 Å². The maximum absolute atomic E-state index is 13.0. The van der Waals surface area contributed by atoms with E-state index >= 15 is 0 Å². The van der Waals surface area contributed by atoms with E-state index in [2.05, 4.69) is 19.2 Å². The van der Waals surface area contributed by atoms with Gasteiger partial charge < -0.3 is 5.32 Å². The average molecular weight is 310 g/mol. The molecule has 2 rings (SSSR count). The molecule has 1 unspecified atom stereocenters. The minimum atomic E-state index is -3.41. The summed E-state index contributed by atoms with van der Waals surface area (Å²) in [7, 11) is -3.41. The molecule has 21 heavy (non-hydrogen) atoms. The third-order valence-corrected chi connectivity index (χ3v) is 6.09. The van der Waals surface area contributed by atoms with Gasteiger partial charge >= 0.3 is 0 Å². The second-order valence-corrected chi connectivity index (χ2v) is 7.46. The number of nitrogens with one attached hydrogen (secondary N) is 1. The Morgan fingerprint density at radius 1 is 1.24 bits per heavy atom. The van der Waals surface area contributed by atoms with Crippen molar-refractivity contribution >= 4 is 15.7 Å². The fourth-order valence-electron chi connectivity index (χ4n) is 2.92. The number of rotatable bonds is 6. The summed E-state index contributed by atoms with van der Waals surface area (Å²) >= 11 is 0. The van der Waals surface area contributed by atoms with Crippen molar-refractivity contribution in [3.05, 3.63) is 24.3 Å². The molecule has 0 aromatic heterocycles. The topological polar surface area (TPSA) is 49.4 Å². The van der Waals surface area contributed by atoms with Crippen molar-refractivity contribution < 1.29 is 8.42 Å². The highest BCUT2D eigenvalue weighted by Crippen LogP contribution is 2.30. The second kappa shape index (κ2) is 7.27. The smallest absolute Gasteiger partial charge is 0.245 e. The first-order chi connectivity index (χ1) is 10.1. The van der Waals surface area contributed by atoms with Gasteiger partial charge in [0.1, 0.15) is 4.90 Å². The zero-order valence-corrected chi connectivity index (χ0v) is 13.8. The van der Waals surface area contributed by atoms with Gasteiger partial charge in [0, 0.05) is 19.1 Å². The predicted octanol–water partition coefficient (Wildman–Crippen LogP) is 3.46. The number of piperidine rings is 1. The van der Waals surface area contributed by atoms with Gasteiger partial charge in [0.15, 0.2) is 0 Å². The van der Waals surface area contributed by atoms with Gasteiger partial charge in [-0.05, 0) is 37.8 Å². The molecule has 1 aliphatic rings. The van der Waals surface area contributed by atoms with Gasteiger partial charge in [-0.25, -0.2) is 8.42 Å². The molecule has 4 nitrogen and oxygen atoms in total. The summed E-state index contributed by atoms with van der Waals surface area (Å²) in [5.41, 5.74) is 0.722. The van der Waals surface area contributed by atoms with E-state index in [-0.39, 0.29) is 6.04 Å². The fourth-order valence-corrected chi connectivity index (χ4v) is 4.86. The number of hydrogen-bond acceptors (Lipinski definition) is 3. The van der Waals surface area contributed by atoms with Crippen molar-refractivity contribution in [3.63, 3.8) is 0 Å². The van der Waals surface area contributed by atoms with Crippen LogP contribution in [0.25, 0.3) is 0 Å². The molecule has 1 saturated heterocycles. The van der Waals surface area contributed by atoms with E-state index in [0.29, 0.717) is 11.4 Å². The van der Waals surface area contributed by atoms with Crippen molar-refractivity contribution in [3.8, 4) is 0 Å². The maximum Gasteiger partial charge on any atom is 0.245 e. The molecule has 0 saturated carbocycles. The zero-order chi connectivity index (χ0) is 15.3. The van der Waals surface area contributed by atoms with Gasteiger partial charge in [-0.1, -0.05) is 32.4 Å². The lowest BCUT2D eigenvalue weighted by atomic mass is 10.0. The maximum atomic E-state index is 13.0. The Morgan fingerprint density at radius 3 is 2.71 bits per heavy atom. The minimum absolute atomic E-state index is 0.142. The summed E-state index contributed by atoms with van der Waals surface area (Å²) in [6, 6.07) is 7.39. The van der Waals surface area contributed by atoms with Crippen LogP contribution in [0.2, 0.25) is 0 Å². The van der Waals surface area contributed by atoms with Crippen LogP contribution in [0.15, 0.2) is 29.2 Å². The number of para-hydroxylation sites is 1. The van der Waals surface area contributed by atoms with Crippen LogP contribution < -0.4 is 5.32 Å². The lowest BCUT2D eigenvalue weighted by Gasteiger charge is -2.34. The van der Waals surface area contributed by atoms with Crippen molar-refractivity contribution in [1.82, 2.24) is 4.31 Å². The molecule has 1 aromatic rings. The van der Waals surface area contributed by atoms with Crippen LogP contribution in [-0.4, -0.2) is 31.9 Å². The molecule has 0 bridgehead atoms. The zero-order valence-electron chi connectivity index (χ0n) is 13.0. The predicted molar refractivity (Wildman–Crippen MR) is 87.0 cm³/mol. The molecule has 1 fully saturated rings. The number of sulfonamides is 1. The molecular weight excluding hydrogens is 284 g/mol. The third-order valence-electron chi connectivity index (χ3n) is 4.08. The van der Waals surface area contributed by atoms with Gasteiger partial charge in [-0.2, -0.15) is 4.31 Å². The van der Waals surface area contributed by atoms with Crippen molar-refractivity contribution in [2.75, 3.05) is 18.4 Å². The lowest BCUT2D eigenvalue weighted by molar-refractivity contribution is 0.246. The molecule has 0 radical (unpaired) electrons. The SMILES string of the molecule is CCCNc1ccccc1S(=O)(=O)N1CCCCC1CC. The van der Waals surface area contributed by atoms with E-state index in [1.807, 2.05) is 12.1 Å². The van der Waals surface area contributed by atoms with Crippen LogP contribution in [0.3, 0.4) is 0 Å². The molecule has 5 heteroatoms. The average Bonchev–Trinajstić information content (AvgIpc) is 2.53. The Kier molecular flexibility index (Phi) is 5.65. The normalized spacial score (nSPS) is 20.4. The Bertz CT molecular complexity index is 557. The Balaban J connectivity index is 2.34. The van der Waals surface area contributed by atoms with E-state index in [0.717, 1.165) is 44.3 Å². The summed E-state index contributed by atoms with van der Waals surface area (Å²) in [4.78, 5) is 0.416. The summed E-state index contributed by atoms with van der Waals surface area (Å²) in [6.07, 6.45) is 4.90. The molecule has 1 N–H and O–H groups in total. The van der Waals surface area contributed by atoms with Crippen LogP contribution >= 0.6 is 0 Å². The van der Waals surface area contributed by atoms with Crippen molar-refractivity contribution in [1.29, 1.82) is 0 Å². The molecule has 118 valence electrons. The number of anilines is 1. The van der Waals surface area contributed by atoms with Gasteiger partial charge in [-0.15, -0.1) is 0 Å². The van der Waals surface area contributed by atoms with Crippen LogP contribution in [0, 0.1) is 0 Å². The second-order valence-electron chi connectivity index (χ2n) is 5.60. The largest absolute Gasteiger partial charge is 0.384 e. The summed E-state index contributed by atoms with van der Waals surface area (Å²) in [5.74, 6) is 0. The van der Waals surface area contributed by atoms with E-state index in [9.17, 15) is 8.42 Å². The minimum Gasteiger partial charge on any atom is -0.384 e. The number of hydrogen-bond donors (Lipinski definition) is 1. The van der Waals surface area contributed by atoms with Crippen molar-refractivity contribution in [2.24, 2.45) is 0 Å². The fraction of sp³-hybridized carbons (Fsp3) is 0.625. The first kappa shape index (κ1) is 16.3. The summed E-state index contributed by atoms with van der Waals surface area (Å²) < 4.78 is 27.8. The van der Waals surface area contributed by atoms with Gasteiger partial charge in [0.25, 0.3) is 0 Å². The third kappa shape index (κ3) is 3.58. The van der Waals surface area contributed by atoms with E-state index in [1.54, 1.807) is 16.4 Å². The Hall–Kier alpha value is -1.07. The summed E-state index contributed by atoms with van der Waals surface area (Å²) in [5, 5.41) is 3.24. The van der Waals surface area contributed by atoms with E-state index < -0.39 is 10.0 Å². The highest BCUT2D eigenvalue weighted by atomic mass is 32.2. The first-order valence-corrected chi connectivity index (χ1v) is 9.40. The summed E-state index contributed by atoms with van der Waals surface area (Å²) in [6.45, 7) is 5.56. The molecule has 0 amide bonds. The molecule has 0 aliphatic carbocycles. The molecular formula is C16H26N2O2S. The highest BCUT2D eigenvalue weighted by Gasteiger charge is 2.33. The van der Waals surface area contributed by atoms with Gasteiger partial charge in [0.05, 0.1) is 5.69 Å². The monoisotopic (exact) mass is 310 g/mol. The Morgan fingerprint density at radius 2 is 2.00 bits per heavy atom. The van der Waals surface area contributed by atoms with Crippen LogP contribution in [0.4, 0.5) is 5.69 Å². The molecule has 1 aliphatic heterocycles. The molecule has 1 heterocycles. The number of benzene rings is 1. The quantitative estimate of drug-likeness (QED) is 0.875. The number of nitrogens with zero attached hydrogens (tertiary/aromatic N) is 1. The first-order valence-electron chi connectivity index (χ1n) is 7.96. The van der Waals surface area contributed by atoms with Crippen LogP contribution in [0.1, 0.15) is 46.0 Å². The van der Waals surface area contributed by atoms with E-state index in [4.69, 9.17) is 0 Å².